The van der Waals surface area contributed by atoms with E-state index in [0.717, 1.165) is 0 Å². The van der Waals surface area contributed by atoms with Gasteiger partial charge in [0, 0.05) is 44.1 Å². The van der Waals surface area contributed by atoms with Gasteiger partial charge in [-0.3, -0.25) is 0 Å². The first-order chi connectivity index (χ1) is 8.66. The Morgan fingerprint density at radius 1 is 1.17 bits per heavy atom. The second-order valence-electron chi connectivity index (χ2n) is 5.75. The Morgan fingerprint density at radius 2 is 1.89 bits per heavy atom. The molecule has 0 amide bonds. The minimum absolute atomic E-state index is 0.582. The summed E-state index contributed by atoms with van der Waals surface area (Å²) in [6, 6.07) is 5.02. The van der Waals surface area contributed by atoms with Crippen molar-refractivity contribution >= 4 is 0 Å². The van der Waals surface area contributed by atoms with Gasteiger partial charge >= 0.3 is 0 Å². The molecule has 2 heterocycles. The number of rotatable bonds is 5. The van der Waals surface area contributed by atoms with E-state index in [1.165, 1.54) is 51.3 Å². The molecule has 18 heavy (non-hydrogen) atoms. The van der Waals surface area contributed by atoms with E-state index in [1.54, 1.807) is 0 Å². The van der Waals surface area contributed by atoms with Gasteiger partial charge in [-0.05, 0) is 52.4 Å². The Kier molecular flexibility index (Phi) is 4.84. The molecule has 3 nitrogen and oxygen atoms in total. The van der Waals surface area contributed by atoms with E-state index < -0.39 is 0 Å². The monoisotopic (exact) mass is 249 g/mol. The van der Waals surface area contributed by atoms with Crippen LogP contribution >= 0.6 is 0 Å². The summed E-state index contributed by atoms with van der Waals surface area (Å²) in [4.78, 5) is 5.02. The fourth-order valence-corrected chi connectivity index (χ4v) is 2.70. The van der Waals surface area contributed by atoms with Crippen LogP contribution in [0, 0.1) is 0 Å². The lowest BCUT2D eigenvalue weighted by atomic mass is 10.2. The lowest BCUT2D eigenvalue weighted by Crippen LogP contribution is -2.44. The predicted molar refractivity (Wildman–Crippen MR) is 77.1 cm³/mol. The summed E-state index contributed by atoms with van der Waals surface area (Å²) in [6.07, 6.45) is 4.69. The maximum atomic E-state index is 2.60. The molecule has 0 spiro atoms. The molecule has 1 aliphatic rings. The SMILES string of the molecule is CC(C)n1cccc1CCCN1CCN(C)CC1. The highest BCUT2D eigenvalue weighted by Crippen LogP contribution is 2.13. The van der Waals surface area contributed by atoms with Crippen molar-refractivity contribution in [3.63, 3.8) is 0 Å². The van der Waals surface area contributed by atoms with E-state index in [2.05, 4.69) is 53.6 Å². The minimum Gasteiger partial charge on any atom is -0.349 e. The zero-order valence-electron chi connectivity index (χ0n) is 12.1. The molecule has 1 aromatic rings. The van der Waals surface area contributed by atoms with Crippen LogP contribution in [0.4, 0.5) is 0 Å². The summed E-state index contributed by atoms with van der Waals surface area (Å²) in [6.45, 7) is 10.7. The van der Waals surface area contributed by atoms with Gasteiger partial charge in [0.1, 0.15) is 0 Å². The van der Waals surface area contributed by atoms with Gasteiger partial charge in [-0.1, -0.05) is 0 Å². The Hall–Kier alpha value is -0.800. The van der Waals surface area contributed by atoms with Crippen LogP contribution in [0.3, 0.4) is 0 Å². The average Bonchev–Trinajstić information content (AvgIpc) is 2.80. The Morgan fingerprint density at radius 3 is 2.56 bits per heavy atom. The molecule has 3 heteroatoms. The van der Waals surface area contributed by atoms with Crippen LogP contribution in [0.5, 0.6) is 0 Å². The first-order valence-electron chi connectivity index (χ1n) is 7.23. The van der Waals surface area contributed by atoms with Gasteiger partial charge in [-0.25, -0.2) is 0 Å². The number of likely N-dealkylation sites (N-methyl/N-ethyl adjacent to an activating group) is 1. The van der Waals surface area contributed by atoms with Crippen molar-refractivity contribution in [2.45, 2.75) is 32.7 Å². The van der Waals surface area contributed by atoms with Gasteiger partial charge in [-0.15, -0.1) is 0 Å². The maximum absolute atomic E-state index is 2.60. The van der Waals surface area contributed by atoms with Crippen molar-refractivity contribution in [3.05, 3.63) is 24.0 Å². The van der Waals surface area contributed by atoms with Crippen LogP contribution < -0.4 is 0 Å². The highest BCUT2D eigenvalue weighted by atomic mass is 15.2. The van der Waals surface area contributed by atoms with Crippen molar-refractivity contribution in [1.29, 1.82) is 0 Å². The van der Waals surface area contributed by atoms with Crippen LogP contribution in [-0.4, -0.2) is 54.1 Å². The molecule has 0 radical (unpaired) electrons. The van der Waals surface area contributed by atoms with Crippen LogP contribution in [0.2, 0.25) is 0 Å². The Labute approximate surface area is 111 Å². The fourth-order valence-electron chi connectivity index (χ4n) is 2.70. The van der Waals surface area contributed by atoms with Gasteiger partial charge in [0.05, 0.1) is 0 Å². The molecular formula is C15H27N3. The van der Waals surface area contributed by atoms with Crippen molar-refractivity contribution in [3.8, 4) is 0 Å². The van der Waals surface area contributed by atoms with E-state index >= 15 is 0 Å². The van der Waals surface area contributed by atoms with E-state index in [9.17, 15) is 0 Å². The fraction of sp³-hybridized carbons (Fsp3) is 0.733. The smallest absolute Gasteiger partial charge is 0.0276 e. The van der Waals surface area contributed by atoms with Crippen LogP contribution in [0.1, 0.15) is 32.0 Å². The average molecular weight is 249 g/mol. The molecule has 102 valence electrons. The molecule has 0 N–H and O–H groups in total. The van der Waals surface area contributed by atoms with Crippen molar-refractivity contribution in [2.75, 3.05) is 39.8 Å². The van der Waals surface area contributed by atoms with Crippen LogP contribution in [0.15, 0.2) is 18.3 Å². The summed E-state index contributed by atoms with van der Waals surface area (Å²) in [5.41, 5.74) is 1.49. The summed E-state index contributed by atoms with van der Waals surface area (Å²) < 4.78 is 2.39. The zero-order valence-corrected chi connectivity index (χ0v) is 12.1. The largest absolute Gasteiger partial charge is 0.349 e. The molecule has 0 saturated carbocycles. The van der Waals surface area contributed by atoms with Gasteiger partial charge in [0.15, 0.2) is 0 Å². The second-order valence-corrected chi connectivity index (χ2v) is 5.75. The normalized spacial score (nSPS) is 18.7. The molecular weight excluding hydrogens is 222 g/mol. The number of hydrogen-bond acceptors (Lipinski definition) is 2. The molecule has 1 fully saturated rings. The van der Waals surface area contributed by atoms with Gasteiger partial charge in [0.2, 0.25) is 0 Å². The van der Waals surface area contributed by atoms with Crippen molar-refractivity contribution in [1.82, 2.24) is 14.4 Å². The second kappa shape index (κ2) is 6.39. The predicted octanol–water partition coefficient (Wildman–Crippen LogP) is 2.25. The summed E-state index contributed by atoms with van der Waals surface area (Å²) >= 11 is 0. The van der Waals surface area contributed by atoms with E-state index in [4.69, 9.17) is 0 Å². The Balaban J connectivity index is 1.73. The van der Waals surface area contributed by atoms with E-state index in [1.807, 2.05) is 0 Å². The zero-order chi connectivity index (χ0) is 13.0. The highest BCUT2D eigenvalue weighted by Gasteiger charge is 2.13. The van der Waals surface area contributed by atoms with Crippen LogP contribution in [-0.2, 0) is 6.42 Å². The summed E-state index contributed by atoms with van der Waals surface area (Å²) in [5.74, 6) is 0. The third-order valence-corrected chi connectivity index (χ3v) is 3.93. The highest BCUT2D eigenvalue weighted by molar-refractivity contribution is 5.08. The molecule has 0 atom stereocenters. The number of hydrogen-bond donors (Lipinski definition) is 0. The standard InChI is InChI=1S/C15H27N3/c1-14(2)18-9-5-7-15(18)6-4-8-17-12-10-16(3)11-13-17/h5,7,9,14H,4,6,8,10-13H2,1-3H3. The lowest BCUT2D eigenvalue weighted by molar-refractivity contribution is 0.153. The first kappa shape index (κ1) is 13.6. The van der Waals surface area contributed by atoms with Gasteiger partial charge in [0.25, 0.3) is 0 Å². The molecule has 0 aliphatic carbocycles. The summed E-state index contributed by atoms with van der Waals surface area (Å²) in [7, 11) is 2.22. The number of piperazine rings is 1. The lowest BCUT2D eigenvalue weighted by Gasteiger charge is -2.32. The van der Waals surface area contributed by atoms with Crippen molar-refractivity contribution in [2.24, 2.45) is 0 Å². The minimum atomic E-state index is 0.582. The van der Waals surface area contributed by atoms with Gasteiger partial charge < -0.3 is 14.4 Å². The molecule has 0 aromatic carbocycles. The third-order valence-electron chi connectivity index (χ3n) is 3.93. The number of nitrogens with zero attached hydrogens (tertiary/aromatic N) is 3. The third kappa shape index (κ3) is 3.59. The van der Waals surface area contributed by atoms with Crippen molar-refractivity contribution < 1.29 is 0 Å². The maximum Gasteiger partial charge on any atom is 0.0276 e. The Bertz CT molecular complexity index is 348. The molecule has 0 bridgehead atoms. The number of aryl methyl sites for hydroxylation is 1. The molecule has 2 rings (SSSR count). The van der Waals surface area contributed by atoms with Gasteiger partial charge in [-0.2, -0.15) is 0 Å². The summed E-state index contributed by atoms with van der Waals surface area (Å²) in [5, 5.41) is 0. The molecule has 1 aliphatic heterocycles. The number of aromatic nitrogens is 1. The quantitative estimate of drug-likeness (QED) is 0.793. The first-order valence-corrected chi connectivity index (χ1v) is 7.23. The molecule has 1 saturated heterocycles. The van der Waals surface area contributed by atoms with E-state index in [0.29, 0.717) is 6.04 Å². The topological polar surface area (TPSA) is 11.4 Å². The van der Waals surface area contributed by atoms with Crippen LogP contribution in [0.25, 0.3) is 0 Å². The molecule has 1 aromatic heterocycles. The molecule has 0 unspecified atom stereocenters. The van der Waals surface area contributed by atoms with E-state index in [-0.39, 0.29) is 0 Å².